The number of hydrogen-bond acceptors (Lipinski definition) is 3. The summed E-state index contributed by atoms with van der Waals surface area (Å²) in [5, 5.41) is 8.84. The number of nitrogens with zero attached hydrogens (tertiary/aromatic N) is 4. The van der Waals surface area contributed by atoms with E-state index < -0.39 is 0 Å². The minimum atomic E-state index is 0.679. The Morgan fingerprint density at radius 3 is 2.50 bits per heavy atom. The smallest absolute Gasteiger partial charge is 0.106 e. The zero-order valence-electron chi connectivity index (χ0n) is 11.8. The van der Waals surface area contributed by atoms with Gasteiger partial charge in [0.05, 0.1) is 24.5 Å². The molecule has 0 bridgehead atoms. The molecule has 4 nitrogen and oxygen atoms in total. The first-order chi connectivity index (χ1) is 10.7. The summed E-state index contributed by atoms with van der Waals surface area (Å²) in [6.07, 6.45) is 6.36. The van der Waals surface area contributed by atoms with Crippen molar-refractivity contribution in [2.75, 3.05) is 0 Å². The van der Waals surface area contributed by atoms with Crippen molar-refractivity contribution in [2.45, 2.75) is 13.0 Å². The van der Waals surface area contributed by atoms with Crippen molar-refractivity contribution in [2.24, 2.45) is 0 Å². The maximum Gasteiger partial charge on any atom is 0.106 e. The Kier molecular flexibility index (Phi) is 4.31. The first kappa shape index (κ1) is 14.5. The third-order valence-electron chi connectivity index (χ3n) is 3.41. The maximum absolute atomic E-state index is 8.84. The van der Waals surface area contributed by atoms with Crippen LogP contribution in [0.2, 0.25) is 0 Å². The molecule has 0 atom stereocenters. The Labute approximate surface area is 137 Å². The fraction of sp³-hybridized carbons (Fsp3) is 0.118. The average Bonchev–Trinajstić information content (AvgIpc) is 2.97. The average molecular weight is 353 g/mol. The van der Waals surface area contributed by atoms with Gasteiger partial charge in [-0.1, -0.05) is 18.2 Å². The summed E-state index contributed by atoms with van der Waals surface area (Å²) in [6, 6.07) is 13.8. The molecule has 0 aliphatic rings. The zero-order chi connectivity index (χ0) is 15.4. The van der Waals surface area contributed by atoms with E-state index in [-0.39, 0.29) is 0 Å². The molecule has 1 aromatic carbocycles. The van der Waals surface area contributed by atoms with Crippen molar-refractivity contribution >= 4 is 15.9 Å². The number of pyridine rings is 1. The molecule has 0 saturated heterocycles. The second kappa shape index (κ2) is 6.54. The molecule has 0 fully saturated rings. The summed E-state index contributed by atoms with van der Waals surface area (Å²) < 4.78 is 2.95. The molecular weight excluding hydrogens is 340 g/mol. The number of nitriles is 1. The van der Waals surface area contributed by atoms with Gasteiger partial charge in [0, 0.05) is 24.5 Å². The lowest BCUT2D eigenvalue weighted by atomic mass is 10.1. The normalized spacial score (nSPS) is 10.4. The number of benzene rings is 1. The number of rotatable bonds is 4. The van der Waals surface area contributed by atoms with Crippen molar-refractivity contribution in [1.29, 1.82) is 5.26 Å². The van der Waals surface area contributed by atoms with Crippen LogP contribution in [0.4, 0.5) is 0 Å². The van der Waals surface area contributed by atoms with Crippen LogP contribution in [0.15, 0.2) is 59.7 Å². The molecule has 3 aromatic rings. The molecule has 0 radical (unpaired) electrons. The van der Waals surface area contributed by atoms with Crippen molar-refractivity contribution < 1.29 is 0 Å². The standard InChI is InChI=1S/C17H13BrN4/c18-17-6-5-15(9-21-17)11-22-12-20-10-16(22)7-13-1-3-14(8-19)4-2-13/h1-6,9-10,12H,7,11H2. The molecule has 3 rings (SSSR count). The Balaban J connectivity index is 1.76. The number of hydrogen-bond donors (Lipinski definition) is 0. The van der Waals surface area contributed by atoms with Crippen molar-refractivity contribution in [1.82, 2.24) is 14.5 Å². The third kappa shape index (κ3) is 3.41. The molecule has 2 aromatic heterocycles. The zero-order valence-corrected chi connectivity index (χ0v) is 13.4. The highest BCUT2D eigenvalue weighted by molar-refractivity contribution is 9.10. The fourth-order valence-corrected chi connectivity index (χ4v) is 2.48. The van der Waals surface area contributed by atoms with Crippen LogP contribution < -0.4 is 0 Å². The first-order valence-electron chi connectivity index (χ1n) is 6.83. The van der Waals surface area contributed by atoms with E-state index in [1.807, 2.05) is 55.1 Å². The van der Waals surface area contributed by atoms with Crippen LogP contribution in [-0.4, -0.2) is 14.5 Å². The molecule has 22 heavy (non-hydrogen) atoms. The minimum Gasteiger partial charge on any atom is -0.330 e. The lowest BCUT2D eigenvalue weighted by Gasteiger charge is -2.08. The highest BCUT2D eigenvalue weighted by Crippen LogP contribution is 2.13. The van der Waals surface area contributed by atoms with Gasteiger partial charge in [0.1, 0.15) is 4.60 Å². The Bertz CT molecular complexity index is 798. The topological polar surface area (TPSA) is 54.5 Å². The van der Waals surface area contributed by atoms with Gasteiger partial charge in [-0.3, -0.25) is 0 Å². The maximum atomic E-state index is 8.84. The summed E-state index contributed by atoms with van der Waals surface area (Å²) in [4.78, 5) is 8.49. The number of imidazole rings is 1. The Morgan fingerprint density at radius 1 is 1.05 bits per heavy atom. The molecule has 0 N–H and O–H groups in total. The van der Waals surface area contributed by atoms with E-state index in [0.717, 1.165) is 34.4 Å². The first-order valence-corrected chi connectivity index (χ1v) is 7.62. The van der Waals surface area contributed by atoms with E-state index in [0.29, 0.717) is 5.56 Å². The monoisotopic (exact) mass is 352 g/mol. The van der Waals surface area contributed by atoms with Gasteiger partial charge in [0.2, 0.25) is 0 Å². The van der Waals surface area contributed by atoms with Gasteiger partial charge in [-0.25, -0.2) is 9.97 Å². The summed E-state index contributed by atoms with van der Waals surface area (Å²) in [6.45, 7) is 0.742. The van der Waals surface area contributed by atoms with Crippen LogP contribution in [0.3, 0.4) is 0 Å². The predicted molar refractivity (Wildman–Crippen MR) is 87.2 cm³/mol. The SMILES string of the molecule is N#Cc1ccc(Cc2cncn2Cc2ccc(Br)nc2)cc1. The van der Waals surface area contributed by atoms with Gasteiger partial charge < -0.3 is 4.57 Å². The lowest BCUT2D eigenvalue weighted by Crippen LogP contribution is -2.04. The lowest BCUT2D eigenvalue weighted by molar-refractivity contribution is 0.750. The summed E-state index contributed by atoms with van der Waals surface area (Å²) in [5.74, 6) is 0. The molecule has 0 aliphatic heterocycles. The van der Waals surface area contributed by atoms with Crippen LogP contribution in [-0.2, 0) is 13.0 Å². The Hall–Kier alpha value is -2.45. The van der Waals surface area contributed by atoms with Crippen molar-refractivity contribution in [3.63, 3.8) is 0 Å². The molecule has 5 heteroatoms. The van der Waals surface area contributed by atoms with Crippen LogP contribution in [0.25, 0.3) is 0 Å². The largest absolute Gasteiger partial charge is 0.330 e. The third-order valence-corrected chi connectivity index (χ3v) is 3.88. The molecule has 108 valence electrons. The van der Waals surface area contributed by atoms with Crippen LogP contribution >= 0.6 is 15.9 Å². The van der Waals surface area contributed by atoms with E-state index in [9.17, 15) is 0 Å². The quantitative estimate of drug-likeness (QED) is 0.674. The fourth-order valence-electron chi connectivity index (χ4n) is 2.24. The molecule has 0 unspecified atom stereocenters. The summed E-state index contributed by atoms with van der Waals surface area (Å²) in [7, 11) is 0. The van der Waals surface area contributed by atoms with E-state index in [1.54, 1.807) is 0 Å². The molecule has 2 heterocycles. The molecule has 0 aliphatic carbocycles. The second-order valence-electron chi connectivity index (χ2n) is 4.99. The highest BCUT2D eigenvalue weighted by Gasteiger charge is 2.05. The number of aromatic nitrogens is 3. The van der Waals surface area contributed by atoms with Gasteiger partial charge >= 0.3 is 0 Å². The van der Waals surface area contributed by atoms with E-state index >= 15 is 0 Å². The van der Waals surface area contributed by atoms with Crippen molar-refractivity contribution in [3.05, 3.63) is 82.1 Å². The highest BCUT2D eigenvalue weighted by atomic mass is 79.9. The number of halogens is 1. The van der Waals surface area contributed by atoms with Crippen LogP contribution in [0, 0.1) is 11.3 Å². The van der Waals surface area contributed by atoms with Crippen LogP contribution in [0.1, 0.15) is 22.4 Å². The van der Waals surface area contributed by atoms with E-state index in [2.05, 4.69) is 36.5 Å². The minimum absolute atomic E-state index is 0.679. The molecular formula is C17H13BrN4. The van der Waals surface area contributed by atoms with Crippen molar-refractivity contribution in [3.8, 4) is 6.07 Å². The van der Waals surface area contributed by atoms with Gasteiger partial charge in [-0.2, -0.15) is 5.26 Å². The molecule has 0 saturated carbocycles. The Morgan fingerprint density at radius 2 is 1.82 bits per heavy atom. The second-order valence-corrected chi connectivity index (χ2v) is 5.80. The van der Waals surface area contributed by atoms with Gasteiger partial charge in [0.15, 0.2) is 0 Å². The predicted octanol–water partition coefficient (Wildman–Crippen LogP) is 3.55. The van der Waals surface area contributed by atoms with Gasteiger partial charge in [0.25, 0.3) is 0 Å². The molecule has 0 spiro atoms. The van der Waals surface area contributed by atoms with Gasteiger partial charge in [-0.05, 0) is 45.3 Å². The summed E-state index contributed by atoms with van der Waals surface area (Å²) >= 11 is 3.34. The summed E-state index contributed by atoms with van der Waals surface area (Å²) in [5.41, 5.74) is 4.10. The van der Waals surface area contributed by atoms with E-state index in [4.69, 9.17) is 5.26 Å². The van der Waals surface area contributed by atoms with Gasteiger partial charge in [-0.15, -0.1) is 0 Å². The van der Waals surface area contributed by atoms with Crippen LogP contribution in [0.5, 0.6) is 0 Å². The van der Waals surface area contributed by atoms with E-state index in [1.165, 1.54) is 0 Å². The molecule has 0 amide bonds.